The van der Waals surface area contributed by atoms with Crippen molar-refractivity contribution in [1.29, 1.82) is 0 Å². The molecular weight excluding hydrogens is 293 g/mol. The first-order chi connectivity index (χ1) is 10.1. The van der Waals surface area contributed by atoms with E-state index in [1.54, 1.807) is 18.2 Å². The fourth-order valence-electron chi connectivity index (χ4n) is 1.90. The van der Waals surface area contributed by atoms with Crippen LogP contribution in [0.2, 0.25) is 5.02 Å². The molecule has 110 valence electrons. The van der Waals surface area contributed by atoms with Crippen molar-refractivity contribution in [2.45, 2.75) is 13.5 Å². The molecule has 0 aliphatic carbocycles. The lowest BCUT2D eigenvalue weighted by atomic mass is 10.1. The summed E-state index contributed by atoms with van der Waals surface area (Å²) in [5.41, 5.74) is 2.14. The Morgan fingerprint density at radius 3 is 2.90 bits per heavy atom. The van der Waals surface area contributed by atoms with E-state index in [1.165, 1.54) is 25.4 Å². The number of pyridine rings is 1. The van der Waals surface area contributed by atoms with Crippen molar-refractivity contribution in [2.24, 2.45) is 0 Å². The van der Waals surface area contributed by atoms with Crippen molar-refractivity contribution in [3.63, 3.8) is 0 Å². The maximum absolute atomic E-state index is 14.3. The minimum Gasteiger partial charge on any atom is -0.496 e. The number of aromatic nitrogens is 1. The number of ether oxygens (including phenoxy) is 1. The number of rotatable bonds is 4. The fourth-order valence-corrected chi connectivity index (χ4v) is 2.08. The molecule has 1 aromatic carbocycles. The molecular formula is C16H15ClFNO2. The highest BCUT2D eigenvalue weighted by Crippen LogP contribution is 2.27. The molecule has 1 aromatic heterocycles. The number of nitrogens with zero attached hydrogens (tertiary/aromatic N) is 1. The van der Waals surface area contributed by atoms with Crippen LogP contribution >= 0.6 is 11.6 Å². The highest BCUT2D eigenvalue weighted by molar-refractivity contribution is 6.31. The normalized spacial score (nSPS) is 11.6. The summed E-state index contributed by atoms with van der Waals surface area (Å²) in [5, 5.41) is 9.72. The van der Waals surface area contributed by atoms with Crippen molar-refractivity contribution in [3.05, 3.63) is 57.9 Å². The van der Waals surface area contributed by atoms with Gasteiger partial charge in [0.15, 0.2) is 0 Å². The first-order valence-electron chi connectivity index (χ1n) is 6.33. The Hall–Kier alpha value is -1.91. The van der Waals surface area contributed by atoms with Gasteiger partial charge in [0.05, 0.1) is 13.7 Å². The maximum atomic E-state index is 14.3. The van der Waals surface area contributed by atoms with Gasteiger partial charge in [-0.1, -0.05) is 23.7 Å². The number of hydrogen-bond acceptors (Lipinski definition) is 3. The second-order valence-corrected chi connectivity index (χ2v) is 4.89. The van der Waals surface area contributed by atoms with Crippen molar-refractivity contribution in [1.82, 2.24) is 4.98 Å². The zero-order valence-corrected chi connectivity index (χ0v) is 12.5. The number of halogens is 2. The standard InChI is InChI=1S/C16H15ClFNO2/c1-10-11(4-3-5-13(10)17)6-14(18)15-7-16(21-2)12(9-20)8-19-15/h3-8,20H,9H2,1-2H3. The van der Waals surface area contributed by atoms with Crippen LogP contribution in [0.25, 0.3) is 11.9 Å². The summed E-state index contributed by atoms with van der Waals surface area (Å²) in [5.74, 6) is -0.1000. The molecule has 0 atom stereocenters. The van der Waals surface area contributed by atoms with E-state index in [0.717, 1.165) is 5.56 Å². The van der Waals surface area contributed by atoms with Crippen LogP contribution in [0, 0.1) is 6.92 Å². The molecule has 0 amide bonds. The van der Waals surface area contributed by atoms with E-state index in [9.17, 15) is 4.39 Å². The molecule has 0 fully saturated rings. The molecule has 0 saturated heterocycles. The molecule has 1 heterocycles. The van der Waals surface area contributed by atoms with Gasteiger partial charge in [-0.2, -0.15) is 0 Å². The van der Waals surface area contributed by atoms with E-state index in [-0.39, 0.29) is 12.3 Å². The van der Waals surface area contributed by atoms with Gasteiger partial charge in [0.25, 0.3) is 0 Å². The Kier molecular flexibility index (Phi) is 4.94. The summed E-state index contributed by atoms with van der Waals surface area (Å²) in [6.45, 7) is 1.61. The Bertz CT molecular complexity index is 686. The third kappa shape index (κ3) is 3.40. The molecule has 0 aliphatic heterocycles. The van der Waals surface area contributed by atoms with Gasteiger partial charge in [-0.25, -0.2) is 4.39 Å². The van der Waals surface area contributed by atoms with E-state index < -0.39 is 5.83 Å². The quantitative estimate of drug-likeness (QED) is 0.928. The summed E-state index contributed by atoms with van der Waals surface area (Å²) in [6.07, 6.45) is 2.77. The Morgan fingerprint density at radius 2 is 2.24 bits per heavy atom. The fraction of sp³-hybridized carbons (Fsp3) is 0.188. The zero-order chi connectivity index (χ0) is 15.4. The molecule has 0 radical (unpaired) electrons. The Morgan fingerprint density at radius 1 is 1.48 bits per heavy atom. The Labute approximate surface area is 127 Å². The van der Waals surface area contributed by atoms with Crippen molar-refractivity contribution in [2.75, 3.05) is 7.11 Å². The average molecular weight is 308 g/mol. The van der Waals surface area contributed by atoms with Gasteiger partial charge < -0.3 is 9.84 Å². The number of methoxy groups -OCH3 is 1. The van der Waals surface area contributed by atoms with E-state index in [4.69, 9.17) is 21.4 Å². The molecule has 5 heteroatoms. The van der Waals surface area contributed by atoms with Crippen LogP contribution in [0.5, 0.6) is 5.75 Å². The third-order valence-electron chi connectivity index (χ3n) is 3.17. The van der Waals surface area contributed by atoms with Gasteiger partial charge in [0, 0.05) is 22.8 Å². The van der Waals surface area contributed by atoms with Gasteiger partial charge in [0.1, 0.15) is 17.3 Å². The predicted molar refractivity (Wildman–Crippen MR) is 81.9 cm³/mol. The molecule has 3 nitrogen and oxygen atoms in total. The van der Waals surface area contributed by atoms with Crippen molar-refractivity contribution < 1.29 is 14.2 Å². The summed E-state index contributed by atoms with van der Waals surface area (Å²) >= 11 is 6.02. The van der Waals surface area contributed by atoms with Crippen LogP contribution in [-0.4, -0.2) is 17.2 Å². The minimum atomic E-state index is -0.497. The molecule has 0 unspecified atom stereocenters. The van der Waals surface area contributed by atoms with Crippen LogP contribution in [-0.2, 0) is 6.61 Å². The van der Waals surface area contributed by atoms with E-state index in [2.05, 4.69) is 4.98 Å². The Balaban J connectivity index is 2.41. The molecule has 0 aliphatic rings. The number of aliphatic hydroxyl groups excluding tert-OH is 1. The lowest BCUT2D eigenvalue weighted by Crippen LogP contribution is -1.96. The molecule has 0 saturated carbocycles. The summed E-state index contributed by atoms with van der Waals surface area (Å²) in [7, 11) is 1.46. The number of aliphatic hydroxyl groups is 1. The largest absolute Gasteiger partial charge is 0.496 e. The van der Waals surface area contributed by atoms with Crippen LogP contribution in [0.15, 0.2) is 30.5 Å². The molecule has 1 N–H and O–H groups in total. The average Bonchev–Trinajstić information content (AvgIpc) is 2.51. The smallest absolute Gasteiger partial charge is 0.149 e. The lowest BCUT2D eigenvalue weighted by molar-refractivity contribution is 0.273. The number of hydrogen-bond donors (Lipinski definition) is 1. The topological polar surface area (TPSA) is 42.4 Å². The highest BCUT2D eigenvalue weighted by Gasteiger charge is 2.09. The van der Waals surface area contributed by atoms with Gasteiger partial charge in [-0.05, 0) is 30.2 Å². The highest BCUT2D eigenvalue weighted by atomic mass is 35.5. The third-order valence-corrected chi connectivity index (χ3v) is 3.58. The van der Waals surface area contributed by atoms with Gasteiger partial charge in [0.2, 0.25) is 0 Å². The van der Waals surface area contributed by atoms with E-state index in [1.807, 2.05) is 6.92 Å². The van der Waals surface area contributed by atoms with E-state index >= 15 is 0 Å². The monoisotopic (exact) mass is 307 g/mol. The van der Waals surface area contributed by atoms with Crippen LogP contribution in [0.3, 0.4) is 0 Å². The van der Waals surface area contributed by atoms with Crippen LogP contribution < -0.4 is 4.74 Å². The van der Waals surface area contributed by atoms with Crippen LogP contribution in [0.1, 0.15) is 22.4 Å². The second-order valence-electron chi connectivity index (χ2n) is 4.49. The maximum Gasteiger partial charge on any atom is 0.149 e. The minimum absolute atomic E-state index is 0.142. The zero-order valence-electron chi connectivity index (χ0n) is 11.7. The van der Waals surface area contributed by atoms with Gasteiger partial charge in [-0.3, -0.25) is 4.98 Å². The lowest BCUT2D eigenvalue weighted by Gasteiger charge is -2.08. The first kappa shape index (κ1) is 15.5. The molecule has 0 spiro atoms. The van der Waals surface area contributed by atoms with Gasteiger partial charge >= 0.3 is 0 Å². The summed E-state index contributed by atoms with van der Waals surface area (Å²) < 4.78 is 19.4. The predicted octanol–water partition coefficient (Wildman–Crippen LogP) is 4.01. The van der Waals surface area contributed by atoms with E-state index in [0.29, 0.717) is 21.9 Å². The molecule has 21 heavy (non-hydrogen) atoms. The van der Waals surface area contributed by atoms with Crippen molar-refractivity contribution in [3.8, 4) is 5.75 Å². The summed E-state index contributed by atoms with van der Waals surface area (Å²) in [4.78, 5) is 3.99. The molecule has 2 aromatic rings. The first-order valence-corrected chi connectivity index (χ1v) is 6.71. The van der Waals surface area contributed by atoms with Crippen molar-refractivity contribution >= 4 is 23.5 Å². The van der Waals surface area contributed by atoms with Crippen LogP contribution in [0.4, 0.5) is 4.39 Å². The molecule has 0 bridgehead atoms. The van der Waals surface area contributed by atoms with Gasteiger partial charge in [-0.15, -0.1) is 0 Å². The SMILES string of the molecule is COc1cc(C(F)=Cc2cccc(Cl)c2C)ncc1CO. The summed E-state index contributed by atoms with van der Waals surface area (Å²) in [6, 6.07) is 6.75. The molecule has 2 rings (SSSR count). The second kappa shape index (κ2) is 6.70. The number of benzene rings is 1.